The van der Waals surface area contributed by atoms with Gasteiger partial charge in [0.05, 0.1) is 5.60 Å². The number of carbonyl (C=O) groups excluding carboxylic acids is 2. The molecule has 2 N–H and O–H groups in total. The third-order valence-corrected chi connectivity index (χ3v) is 4.35. The van der Waals surface area contributed by atoms with E-state index in [0.29, 0.717) is 31.5 Å². The van der Waals surface area contributed by atoms with Crippen molar-refractivity contribution in [1.82, 2.24) is 10.2 Å². The summed E-state index contributed by atoms with van der Waals surface area (Å²) in [5.41, 5.74) is 0.891. The van der Waals surface area contributed by atoms with Gasteiger partial charge in [0.25, 0.3) is 5.91 Å². The molecule has 0 radical (unpaired) electrons. The third kappa shape index (κ3) is 4.57. The number of amides is 2. The van der Waals surface area contributed by atoms with Crippen LogP contribution in [0.3, 0.4) is 0 Å². The topological polar surface area (TPSA) is 69.6 Å². The molecule has 5 heteroatoms. The summed E-state index contributed by atoms with van der Waals surface area (Å²) in [6.07, 6.45) is 1.34. The average Bonchev–Trinajstić information content (AvgIpc) is 2.51. The Hall–Kier alpha value is -1.88. The van der Waals surface area contributed by atoms with Gasteiger partial charge in [-0.1, -0.05) is 26.0 Å². The van der Waals surface area contributed by atoms with E-state index in [-0.39, 0.29) is 17.7 Å². The molecule has 1 aromatic rings. The van der Waals surface area contributed by atoms with Crippen LogP contribution < -0.4 is 5.32 Å². The molecule has 0 spiro atoms. The van der Waals surface area contributed by atoms with Gasteiger partial charge >= 0.3 is 0 Å². The summed E-state index contributed by atoms with van der Waals surface area (Å²) in [4.78, 5) is 26.7. The van der Waals surface area contributed by atoms with E-state index in [1.165, 1.54) is 0 Å². The minimum Gasteiger partial charge on any atom is -0.390 e. The van der Waals surface area contributed by atoms with Gasteiger partial charge < -0.3 is 15.3 Å². The van der Waals surface area contributed by atoms with E-state index in [1.54, 1.807) is 24.8 Å². The van der Waals surface area contributed by atoms with Crippen LogP contribution in [-0.4, -0.2) is 46.6 Å². The summed E-state index contributed by atoms with van der Waals surface area (Å²) >= 11 is 0. The van der Waals surface area contributed by atoms with Crippen LogP contribution in [0.25, 0.3) is 0 Å². The molecule has 1 aromatic carbocycles. The minimum atomic E-state index is -0.728. The standard InChI is InChI=1S/C19H28N2O3/c1-13(2)16-17(22)20-10-11-21(16)18(23)15-7-5-6-14(12-15)8-9-19(3,4)24/h5-7,12-13,16,24H,8-11H2,1-4H3,(H,20,22)/t16-/m0/s1. The Bertz CT molecular complexity index is 605. The van der Waals surface area contributed by atoms with Crippen LogP contribution in [0.4, 0.5) is 0 Å². The van der Waals surface area contributed by atoms with Crippen molar-refractivity contribution in [3.63, 3.8) is 0 Å². The zero-order valence-corrected chi connectivity index (χ0v) is 15.0. The number of aliphatic hydroxyl groups is 1. The lowest BCUT2D eigenvalue weighted by Gasteiger charge is -2.37. The SMILES string of the molecule is CC(C)[C@H]1C(=O)NCCN1C(=O)c1cccc(CCC(C)(C)O)c1. The summed E-state index contributed by atoms with van der Waals surface area (Å²) in [5, 5.41) is 12.7. The summed E-state index contributed by atoms with van der Waals surface area (Å²) in [6, 6.07) is 7.07. The molecule has 2 rings (SSSR count). The largest absolute Gasteiger partial charge is 0.390 e. The zero-order chi connectivity index (χ0) is 17.9. The van der Waals surface area contributed by atoms with E-state index >= 15 is 0 Å². The average molecular weight is 332 g/mol. The molecule has 0 aliphatic carbocycles. The first kappa shape index (κ1) is 18.5. The number of piperazine rings is 1. The van der Waals surface area contributed by atoms with Crippen molar-refractivity contribution in [1.29, 1.82) is 0 Å². The van der Waals surface area contributed by atoms with E-state index in [1.807, 2.05) is 32.0 Å². The van der Waals surface area contributed by atoms with Crippen LogP contribution >= 0.6 is 0 Å². The van der Waals surface area contributed by atoms with E-state index in [9.17, 15) is 14.7 Å². The van der Waals surface area contributed by atoms with Gasteiger partial charge in [0.2, 0.25) is 5.91 Å². The van der Waals surface area contributed by atoms with Crippen LogP contribution in [0.5, 0.6) is 0 Å². The van der Waals surface area contributed by atoms with Crippen molar-refractivity contribution in [3.05, 3.63) is 35.4 Å². The fourth-order valence-electron chi connectivity index (χ4n) is 3.05. The van der Waals surface area contributed by atoms with Crippen LogP contribution in [0.2, 0.25) is 0 Å². The third-order valence-electron chi connectivity index (χ3n) is 4.35. The molecule has 1 fully saturated rings. The number of benzene rings is 1. The van der Waals surface area contributed by atoms with Crippen LogP contribution in [0.15, 0.2) is 24.3 Å². The van der Waals surface area contributed by atoms with E-state index < -0.39 is 11.6 Å². The number of hydrogen-bond acceptors (Lipinski definition) is 3. The molecule has 1 aliphatic rings. The minimum absolute atomic E-state index is 0.0626. The Labute approximate surface area is 144 Å². The Morgan fingerprint density at radius 3 is 2.75 bits per heavy atom. The van der Waals surface area contributed by atoms with Crippen molar-refractivity contribution in [2.75, 3.05) is 13.1 Å². The molecule has 1 atom stereocenters. The fourth-order valence-corrected chi connectivity index (χ4v) is 3.05. The molecule has 132 valence electrons. The Morgan fingerprint density at radius 1 is 1.42 bits per heavy atom. The van der Waals surface area contributed by atoms with Gasteiger partial charge in [0.1, 0.15) is 6.04 Å². The zero-order valence-electron chi connectivity index (χ0n) is 15.0. The lowest BCUT2D eigenvalue weighted by molar-refractivity contribution is -0.129. The maximum Gasteiger partial charge on any atom is 0.254 e. The van der Waals surface area contributed by atoms with Crippen molar-refractivity contribution < 1.29 is 14.7 Å². The second-order valence-corrected chi connectivity index (χ2v) is 7.49. The summed E-state index contributed by atoms with van der Waals surface area (Å²) in [5.74, 6) is -0.121. The fraction of sp³-hybridized carbons (Fsp3) is 0.579. The molecular weight excluding hydrogens is 304 g/mol. The predicted octanol–water partition coefficient (Wildman–Crippen LogP) is 1.99. The summed E-state index contributed by atoms with van der Waals surface area (Å²) < 4.78 is 0. The highest BCUT2D eigenvalue weighted by atomic mass is 16.3. The number of rotatable bonds is 5. The van der Waals surface area contributed by atoms with E-state index in [2.05, 4.69) is 5.32 Å². The van der Waals surface area contributed by atoms with Crippen molar-refractivity contribution in [2.45, 2.75) is 52.2 Å². The van der Waals surface area contributed by atoms with E-state index in [4.69, 9.17) is 0 Å². The highest BCUT2D eigenvalue weighted by Gasteiger charge is 2.35. The van der Waals surface area contributed by atoms with Gasteiger partial charge in [-0.2, -0.15) is 0 Å². The van der Waals surface area contributed by atoms with Crippen molar-refractivity contribution in [3.8, 4) is 0 Å². The number of nitrogens with zero attached hydrogens (tertiary/aromatic N) is 1. The second kappa shape index (κ2) is 7.34. The molecule has 2 amide bonds. The Balaban J connectivity index is 2.18. The molecule has 0 bridgehead atoms. The monoisotopic (exact) mass is 332 g/mol. The molecule has 1 heterocycles. The first-order valence-corrected chi connectivity index (χ1v) is 8.59. The summed E-state index contributed by atoms with van der Waals surface area (Å²) in [7, 11) is 0. The number of nitrogens with one attached hydrogen (secondary N) is 1. The Kier molecular flexibility index (Phi) is 5.65. The van der Waals surface area contributed by atoms with Crippen molar-refractivity contribution in [2.24, 2.45) is 5.92 Å². The van der Waals surface area contributed by atoms with Gasteiger partial charge in [-0.25, -0.2) is 0 Å². The number of aryl methyl sites for hydroxylation is 1. The highest BCUT2D eigenvalue weighted by molar-refractivity contribution is 5.98. The highest BCUT2D eigenvalue weighted by Crippen LogP contribution is 2.19. The first-order valence-electron chi connectivity index (χ1n) is 8.59. The second-order valence-electron chi connectivity index (χ2n) is 7.49. The van der Waals surface area contributed by atoms with Gasteiger partial charge in [0.15, 0.2) is 0 Å². The number of hydrogen-bond donors (Lipinski definition) is 2. The van der Waals surface area contributed by atoms with Gasteiger partial charge in [-0.15, -0.1) is 0 Å². The Morgan fingerprint density at radius 2 is 2.12 bits per heavy atom. The smallest absolute Gasteiger partial charge is 0.254 e. The van der Waals surface area contributed by atoms with Gasteiger partial charge in [-0.05, 0) is 50.3 Å². The molecule has 0 unspecified atom stereocenters. The van der Waals surface area contributed by atoms with Gasteiger partial charge in [-0.3, -0.25) is 9.59 Å². The lowest BCUT2D eigenvalue weighted by atomic mass is 9.96. The molecule has 24 heavy (non-hydrogen) atoms. The first-order chi connectivity index (χ1) is 11.2. The molecule has 5 nitrogen and oxygen atoms in total. The van der Waals surface area contributed by atoms with Crippen LogP contribution in [0.1, 0.15) is 50.0 Å². The maximum atomic E-state index is 12.9. The lowest BCUT2D eigenvalue weighted by Crippen LogP contribution is -2.59. The predicted molar refractivity (Wildman–Crippen MR) is 93.7 cm³/mol. The molecular formula is C19H28N2O3. The maximum absolute atomic E-state index is 12.9. The molecule has 0 aromatic heterocycles. The quantitative estimate of drug-likeness (QED) is 0.866. The number of carbonyl (C=O) groups is 2. The van der Waals surface area contributed by atoms with E-state index in [0.717, 1.165) is 5.56 Å². The normalized spacial score (nSPS) is 18.7. The van der Waals surface area contributed by atoms with Crippen LogP contribution in [-0.2, 0) is 11.2 Å². The molecule has 1 saturated heterocycles. The van der Waals surface area contributed by atoms with Crippen molar-refractivity contribution >= 4 is 11.8 Å². The van der Waals surface area contributed by atoms with Gasteiger partial charge in [0, 0.05) is 18.7 Å². The summed E-state index contributed by atoms with van der Waals surface area (Å²) in [6.45, 7) is 8.49. The molecule has 1 aliphatic heterocycles. The molecule has 0 saturated carbocycles. The van der Waals surface area contributed by atoms with Crippen LogP contribution in [0, 0.1) is 5.92 Å².